The van der Waals surface area contributed by atoms with Crippen molar-refractivity contribution in [1.29, 1.82) is 0 Å². The van der Waals surface area contributed by atoms with Gasteiger partial charge in [-0.1, -0.05) is 11.6 Å². The van der Waals surface area contributed by atoms with Crippen LogP contribution < -0.4 is 14.8 Å². The number of hydrogen-bond acceptors (Lipinski definition) is 4. The van der Waals surface area contributed by atoms with E-state index in [0.717, 1.165) is 29.0 Å². The smallest absolute Gasteiger partial charge is 0.179 e. The van der Waals surface area contributed by atoms with Crippen molar-refractivity contribution in [3.05, 3.63) is 46.7 Å². The molecule has 1 N–H and O–H groups in total. The van der Waals surface area contributed by atoms with E-state index < -0.39 is 0 Å². The first-order chi connectivity index (χ1) is 10.2. The quantitative estimate of drug-likeness (QED) is 0.936. The number of halogens is 1. The average Bonchev–Trinajstić information content (AvgIpc) is 2.72. The van der Waals surface area contributed by atoms with Crippen LogP contribution in [0.3, 0.4) is 0 Å². The van der Waals surface area contributed by atoms with Crippen LogP contribution in [-0.2, 0) is 6.54 Å². The molecule has 2 heterocycles. The molecule has 0 saturated carbocycles. The number of rotatable bonds is 3. The van der Waals surface area contributed by atoms with Crippen molar-refractivity contribution in [2.24, 2.45) is 0 Å². The summed E-state index contributed by atoms with van der Waals surface area (Å²) in [6.07, 6.45) is 4.47. The van der Waals surface area contributed by atoms with Gasteiger partial charge in [0.05, 0.1) is 30.1 Å². The fourth-order valence-electron chi connectivity index (χ4n) is 2.23. The molecule has 0 radical (unpaired) electrons. The molecule has 1 aliphatic heterocycles. The Hall–Kier alpha value is -1.94. The molecule has 4 nitrogen and oxygen atoms in total. The molecule has 0 fully saturated rings. The van der Waals surface area contributed by atoms with Crippen LogP contribution in [0, 0.1) is 6.92 Å². The van der Waals surface area contributed by atoms with Crippen LogP contribution in [0.4, 0.5) is 5.69 Å². The number of anilines is 1. The normalized spacial score (nSPS) is 13.6. The largest absolute Gasteiger partial charge is 0.489 e. The van der Waals surface area contributed by atoms with Crippen LogP contribution >= 0.6 is 11.6 Å². The van der Waals surface area contributed by atoms with Gasteiger partial charge in [-0.2, -0.15) is 0 Å². The van der Waals surface area contributed by atoms with Crippen LogP contribution in [0.1, 0.15) is 17.5 Å². The molecular formula is C16H17ClN2O2. The van der Waals surface area contributed by atoms with Gasteiger partial charge < -0.3 is 14.8 Å². The molecule has 3 rings (SSSR count). The zero-order chi connectivity index (χ0) is 14.7. The predicted octanol–water partition coefficient (Wildman–Crippen LogP) is 3.82. The van der Waals surface area contributed by atoms with E-state index >= 15 is 0 Å². The van der Waals surface area contributed by atoms with Crippen LogP contribution in [0.15, 0.2) is 30.6 Å². The number of nitrogens with one attached hydrogen (secondary N) is 1. The monoisotopic (exact) mass is 304 g/mol. The van der Waals surface area contributed by atoms with Gasteiger partial charge in [0.1, 0.15) is 0 Å². The fraction of sp³-hybridized carbons (Fsp3) is 0.312. The van der Waals surface area contributed by atoms with Gasteiger partial charge in [-0.3, -0.25) is 4.98 Å². The van der Waals surface area contributed by atoms with Crippen molar-refractivity contribution in [1.82, 2.24) is 4.98 Å². The Morgan fingerprint density at radius 1 is 1.29 bits per heavy atom. The van der Waals surface area contributed by atoms with Crippen LogP contribution in [-0.4, -0.2) is 18.2 Å². The van der Waals surface area contributed by atoms with E-state index in [2.05, 4.69) is 10.3 Å². The Labute approximate surface area is 129 Å². The van der Waals surface area contributed by atoms with E-state index in [1.165, 1.54) is 0 Å². The Balaban J connectivity index is 1.79. The molecular weight excluding hydrogens is 288 g/mol. The standard InChI is InChI=1S/C16H17ClN2O2/c1-11-3-4-18-10-14(11)19-9-12-7-13(17)16-15(8-12)20-5-2-6-21-16/h3-4,7-8,10,19H,2,5-6,9H2,1H3. The summed E-state index contributed by atoms with van der Waals surface area (Å²) in [5, 5.41) is 3.95. The molecule has 0 amide bonds. The molecule has 0 bridgehead atoms. The van der Waals surface area contributed by atoms with Gasteiger partial charge in [0, 0.05) is 19.2 Å². The third-order valence-corrected chi connectivity index (χ3v) is 3.66. The zero-order valence-electron chi connectivity index (χ0n) is 11.9. The van der Waals surface area contributed by atoms with Crippen LogP contribution in [0.2, 0.25) is 5.02 Å². The van der Waals surface area contributed by atoms with Crippen molar-refractivity contribution in [2.75, 3.05) is 18.5 Å². The lowest BCUT2D eigenvalue weighted by Gasteiger charge is -2.13. The molecule has 0 unspecified atom stereocenters. The minimum Gasteiger partial charge on any atom is -0.489 e. The van der Waals surface area contributed by atoms with Gasteiger partial charge in [-0.05, 0) is 36.2 Å². The van der Waals surface area contributed by atoms with Crippen molar-refractivity contribution >= 4 is 17.3 Å². The van der Waals surface area contributed by atoms with E-state index in [9.17, 15) is 0 Å². The highest BCUT2D eigenvalue weighted by atomic mass is 35.5. The number of ether oxygens (including phenoxy) is 2. The SMILES string of the molecule is Cc1ccncc1NCc1cc(Cl)c2c(c1)OCCCO2. The van der Waals surface area contributed by atoms with Gasteiger partial charge >= 0.3 is 0 Å². The molecule has 5 heteroatoms. The molecule has 0 spiro atoms. The van der Waals surface area contributed by atoms with Gasteiger partial charge in [-0.15, -0.1) is 0 Å². The molecule has 1 aromatic heterocycles. The Morgan fingerprint density at radius 3 is 3.00 bits per heavy atom. The highest BCUT2D eigenvalue weighted by molar-refractivity contribution is 6.32. The number of nitrogens with zero attached hydrogens (tertiary/aromatic N) is 1. The minimum absolute atomic E-state index is 0.592. The van der Waals surface area contributed by atoms with E-state index in [0.29, 0.717) is 30.5 Å². The molecule has 0 saturated heterocycles. The molecule has 21 heavy (non-hydrogen) atoms. The summed E-state index contributed by atoms with van der Waals surface area (Å²) in [6.45, 7) is 4.00. The number of aryl methyl sites for hydroxylation is 1. The second-order valence-corrected chi connectivity index (χ2v) is 5.41. The van der Waals surface area contributed by atoms with E-state index in [1.54, 1.807) is 6.20 Å². The van der Waals surface area contributed by atoms with Crippen molar-refractivity contribution in [3.8, 4) is 11.5 Å². The van der Waals surface area contributed by atoms with Crippen LogP contribution in [0.25, 0.3) is 0 Å². The van der Waals surface area contributed by atoms with Gasteiger partial charge in [0.2, 0.25) is 0 Å². The summed E-state index contributed by atoms with van der Waals surface area (Å²) < 4.78 is 11.3. The van der Waals surface area contributed by atoms with Crippen molar-refractivity contribution in [3.63, 3.8) is 0 Å². The Morgan fingerprint density at radius 2 is 2.14 bits per heavy atom. The van der Waals surface area contributed by atoms with Gasteiger partial charge in [-0.25, -0.2) is 0 Å². The van der Waals surface area contributed by atoms with Gasteiger partial charge in [0.15, 0.2) is 11.5 Å². The maximum absolute atomic E-state index is 6.29. The number of hydrogen-bond donors (Lipinski definition) is 1. The van der Waals surface area contributed by atoms with E-state index in [-0.39, 0.29) is 0 Å². The summed E-state index contributed by atoms with van der Waals surface area (Å²) in [6, 6.07) is 5.86. The first kappa shape index (κ1) is 14.0. The first-order valence-electron chi connectivity index (χ1n) is 6.96. The predicted molar refractivity (Wildman–Crippen MR) is 83.4 cm³/mol. The summed E-state index contributed by atoms with van der Waals surface area (Å²) in [7, 11) is 0. The van der Waals surface area contributed by atoms with Gasteiger partial charge in [0.25, 0.3) is 0 Å². The average molecular weight is 305 g/mol. The van der Waals surface area contributed by atoms with Crippen molar-refractivity contribution in [2.45, 2.75) is 19.9 Å². The van der Waals surface area contributed by atoms with E-state index in [1.807, 2.05) is 31.3 Å². The highest BCUT2D eigenvalue weighted by Gasteiger charge is 2.15. The fourth-order valence-corrected chi connectivity index (χ4v) is 2.52. The lowest BCUT2D eigenvalue weighted by Crippen LogP contribution is -2.02. The summed E-state index contributed by atoms with van der Waals surface area (Å²) in [5.41, 5.74) is 3.22. The number of fused-ring (bicyclic) bond motifs is 1. The highest BCUT2D eigenvalue weighted by Crippen LogP contribution is 2.38. The molecule has 0 aliphatic carbocycles. The number of pyridine rings is 1. The maximum Gasteiger partial charge on any atom is 0.179 e. The lowest BCUT2D eigenvalue weighted by atomic mass is 10.2. The summed E-state index contributed by atoms with van der Waals surface area (Å²) in [4.78, 5) is 4.12. The third kappa shape index (κ3) is 3.22. The zero-order valence-corrected chi connectivity index (χ0v) is 12.6. The minimum atomic E-state index is 0.592. The third-order valence-electron chi connectivity index (χ3n) is 3.38. The van der Waals surface area contributed by atoms with Crippen molar-refractivity contribution < 1.29 is 9.47 Å². The molecule has 1 aromatic carbocycles. The lowest BCUT2D eigenvalue weighted by molar-refractivity contribution is 0.297. The molecule has 110 valence electrons. The summed E-state index contributed by atoms with van der Waals surface area (Å²) >= 11 is 6.29. The Bertz CT molecular complexity index is 646. The second kappa shape index (κ2) is 6.22. The Kier molecular flexibility index (Phi) is 4.15. The molecule has 2 aromatic rings. The van der Waals surface area contributed by atoms with E-state index in [4.69, 9.17) is 21.1 Å². The number of aromatic nitrogens is 1. The topological polar surface area (TPSA) is 43.4 Å². The molecule has 1 aliphatic rings. The van der Waals surface area contributed by atoms with Crippen LogP contribution in [0.5, 0.6) is 11.5 Å². The second-order valence-electron chi connectivity index (χ2n) is 5.00. The molecule has 0 atom stereocenters. The number of benzene rings is 1. The summed E-state index contributed by atoms with van der Waals surface area (Å²) in [5.74, 6) is 1.37. The first-order valence-corrected chi connectivity index (χ1v) is 7.34. The maximum atomic E-state index is 6.29.